The molecule has 0 saturated carbocycles. The van der Waals surface area contributed by atoms with E-state index in [9.17, 15) is 22.8 Å². The van der Waals surface area contributed by atoms with Crippen molar-refractivity contribution in [2.45, 2.75) is 58.4 Å². The first-order valence-corrected chi connectivity index (χ1v) is 9.95. The van der Waals surface area contributed by atoms with Gasteiger partial charge in [-0.15, -0.1) is 0 Å². The van der Waals surface area contributed by atoms with Gasteiger partial charge in [-0.2, -0.15) is 18.2 Å². The molecule has 162 valence electrons. The molecule has 0 aliphatic carbocycles. The molecule has 10 heteroatoms. The summed E-state index contributed by atoms with van der Waals surface area (Å²) in [5.74, 6) is -0.430. The first-order valence-electron chi connectivity index (χ1n) is 9.95. The van der Waals surface area contributed by atoms with Gasteiger partial charge >= 0.3 is 6.18 Å². The summed E-state index contributed by atoms with van der Waals surface area (Å²) in [6.07, 6.45) is -4.28. The number of ketones is 1. The molecule has 1 aromatic rings. The van der Waals surface area contributed by atoms with E-state index in [1.807, 2.05) is 18.7 Å². The Morgan fingerprint density at radius 1 is 1.38 bits per heavy atom. The normalized spacial score (nSPS) is 23.7. The Labute approximate surface area is 167 Å². The van der Waals surface area contributed by atoms with E-state index in [0.717, 1.165) is 4.90 Å². The van der Waals surface area contributed by atoms with Crippen LogP contribution in [0.4, 0.5) is 24.9 Å². The Hall–Kier alpha value is -2.10. The quantitative estimate of drug-likeness (QED) is 0.733. The first-order chi connectivity index (χ1) is 13.6. The molecule has 3 rings (SSSR count). The highest BCUT2D eigenvalue weighted by molar-refractivity contribution is 5.85. The number of nitrogens with zero attached hydrogens (tertiary/aromatic N) is 4. The van der Waals surface area contributed by atoms with Gasteiger partial charge in [0.05, 0.1) is 25.8 Å². The van der Waals surface area contributed by atoms with Gasteiger partial charge in [0.1, 0.15) is 11.9 Å². The summed E-state index contributed by atoms with van der Waals surface area (Å²) in [4.78, 5) is 32.4. The molecule has 0 bridgehead atoms. The third-order valence-corrected chi connectivity index (χ3v) is 5.76. The fourth-order valence-corrected chi connectivity index (χ4v) is 3.75. The number of fused-ring (bicyclic) bond motifs is 1. The molecule has 2 aliphatic heterocycles. The van der Waals surface area contributed by atoms with Gasteiger partial charge in [0.2, 0.25) is 5.95 Å². The minimum Gasteiger partial charge on any atom is -0.377 e. The molecule has 1 fully saturated rings. The third kappa shape index (κ3) is 4.41. The van der Waals surface area contributed by atoms with Crippen molar-refractivity contribution in [3.63, 3.8) is 0 Å². The van der Waals surface area contributed by atoms with Gasteiger partial charge in [0.15, 0.2) is 5.78 Å². The van der Waals surface area contributed by atoms with Crippen LogP contribution < -0.4 is 15.4 Å². The Morgan fingerprint density at radius 2 is 2.10 bits per heavy atom. The van der Waals surface area contributed by atoms with E-state index < -0.39 is 24.3 Å². The minimum absolute atomic E-state index is 0.0594. The van der Waals surface area contributed by atoms with Crippen LogP contribution >= 0.6 is 0 Å². The van der Waals surface area contributed by atoms with Crippen LogP contribution in [0.2, 0.25) is 0 Å². The number of ether oxygens (including phenoxy) is 1. The maximum absolute atomic E-state index is 13.7. The molecule has 0 aromatic carbocycles. The molecule has 0 spiro atoms. The number of hydrogen-bond donors (Lipinski definition) is 0. The van der Waals surface area contributed by atoms with Crippen LogP contribution in [0.3, 0.4) is 0 Å². The number of Topliss-reactive ketones (excluding diaryl/α,β-unsaturated/α-hetero) is 1. The average Bonchev–Trinajstić information content (AvgIpc) is 2.67. The molecule has 3 atom stereocenters. The highest BCUT2D eigenvalue weighted by Gasteiger charge is 2.47. The largest absolute Gasteiger partial charge is 0.408 e. The van der Waals surface area contributed by atoms with Gasteiger partial charge in [0, 0.05) is 25.1 Å². The van der Waals surface area contributed by atoms with Crippen molar-refractivity contribution < 1.29 is 22.7 Å². The zero-order chi connectivity index (χ0) is 21.3. The Bertz CT molecular complexity index is 811. The van der Waals surface area contributed by atoms with Crippen molar-refractivity contribution in [2.24, 2.45) is 5.92 Å². The minimum atomic E-state index is -4.53. The number of alkyl halides is 3. The predicted molar refractivity (Wildman–Crippen MR) is 102 cm³/mol. The number of anilines is 2. The zero-order valence-electron chi connectivity index (χ0n) is 16.9. The van der Waals surface area contributed by atoms with Gasteiger partial charge in [-0.1, -0.05) is 13.8 Å². The summed E-state index contributed by atoms with van der Waals surface area (Å²) in [5, 5.41) is 0. The molecule has 1 saturated heterocycles. The lowest BCUT2D eigenvalue weighted by Crippen LogP contribution is -2.54. The predicted octanol–water partition coefficient (Wildman–Crippen LogP) is 2.22. The topological polar surface area (TPSA) is 67.7 Å². The molecule has 29 heavy (non-hydrogen) atoms. The second kappa shape index (κ2) is 8.33. The van der Waals surface area contributed by atoms with Gasteiger partial charge in [-0.05, 0) is 19.8 Å². The lowest BCUT2D eigenvalue weighted by Gasteiger charge is -2.40. The van der Waals surface area contributed by atoms with E-state index >= 15 is 0 Å². The summed E-state index contributed by atoms with van der Waals surface area (Å²) >= 11 is 0. The number of carbonyl (C=O) groups is 1. The maximum atomic E-state index is 13.7. The fraction of sp³-hybridized carbons (Fsp3) is 0.737. The van der Waals surface area contributed by atoms with Crippen LogP contribution in [0.5, 0.6) is 0 Å². The number of hydrogen-bond acceptors (Lipinski definition) is 6. The summed E-state index contributed by atoms with van der Waals surface area (Å²) < 4.78 is 47.9. The summed E-state index contributed by atoms with van der Waals surface area (Å²) in [6.45, 7) is 6.29. The molecule has 0 amide bonds. The number of rotatable bonds is 5. The van der Waals surface area contributed by atoms with Gasteiger partial charge in [-0.3, -0.25) is 14.2 Å². The number of morpholine rings is 1. The second-order valence-electron chi connectivity index (χ2n) is 7.77. The second-order valence-corrected chi connectivity index (χ2v) is 7.77. The lowest BCUT2D eigenvalue weighted by atomic mass is 10.0. The standard InChI is InChI=1S/C19H27F3N4O3/c1-4-12(2)14(27)10-26-15(19(20,21)22)5-6-25-17(28)9-16(23-18(25)26)24-7-8-29-11-13(24)3/h9,12-13,15H,4-8,10-11H2,1-3H3. The van der Waals surface area contributed by atoms with E-state index in [4.69, 9.17) is 4.74 Å². The SMILES string of the molecule is CCC(C)C(=O)CN1c2nc(N3CCOCC3C)cc(=O)n2CCC1C(F)(F)F. The van der Waals surface area contributed by atoms with Crippen LogP contribution in [0.1, 0.15) is 33.6 Å². The highest BCUT2D eigenvalue weighted by atomic mass is 19.4. The summed E-state index contributed by atoms with van der Waals surface area (Å²) in [6, 6.07) is -0.552. The van der Waals surface area contributed by atoms with E-state index in [1.54, 1.807) is 6.92 Å². The highest BCUT2D eigenvalue weighted by Crippen LogP contribution is 2.34. The third-order valence-electron chi connectivity index (χ3n) is 5.76. The van der Waals surface area contributed by atoms with Crippen molar-refractivity contribution >= 4 is 17.5 Å². The molecular weight excluding hydrogens is 389 g/mol. The molecular formula is C19H27F3N4O3. The van der Waals surface area contributed by atoms with Crippen molar-refractivity contribution in [3.8, 4) is 0 Å². The molecule has 7 nitrogen and oxygen atoms in total. The van der Waals surface area contributed by atoms with E-state index in [2.05, 4.69) is 4.98 Å². The van der Waals surface area contributed by atoms with Crippen LogP contribution in [-0.4, -0.2) is 59.9 Å². The van der Waals surface area contributed by atoms with Crippen LogP contribution in [0.15, 0.2) is 10.9 Å². The molecule has 2 aliphatic rings. The maximum Gasteiger partial charge on any atom is 0.408 e. The first kappa shape index (κ1) is 21.6. The van der Waals surface area contributed by atoms with Crippen molar-refractivity contribution in [1.82, 2.24) is 9.55 Å². The number of aromatic nitrogens is 2. The number of carbonyl (C=O) groups excluding carboxylic acids is 1. The van der Waals surface area contributed by atoms with Crippen molar-refractivity contribution in [2.75, 3.05) is 36.1 Å². The number of halogens is 3. The molecule has 3 unspecified atom stereocenters. The summed E-state index contributed by atoms with van der Waals surface area (Å²) in [5.41, 5.74) is -0.412. The molecule has 0 radical (unpaired) electrons. The van der Waals surface area contributed by atoms with Crippen LogP contribution in [0.25, 0.3) is 0 Å². The van der Waals surface area contributed by atoms with Crippen molar-refractivity contribution in [3.05, 3.63) is 16.4 Å². The van der Waals surface area contributed by atoms with Gasteiger partial charge < -0.3 is 14.5 Å². The molecule has 3 heterocycles. The van der Waals surface area contributed by atoms with Crippen LogP contribution in [0, 0.1) is 5.92 Å². The monoisotopic (exact) mass is 416 g/mol. The van der Waals surface area contributed by atoms with Crippen molar-refractivity contribution in [1.29, 1.82) is 0 Å². The Morgan fingerprint density at radius 3 is 2.72 bits per heavy atom. The Balaban J connectivity index is 2.05. The molecule has 1 aromatic heterocycles. The van der Waals surface area contributed by atoms with E-state index in [-0.39, 0.29) is 36.7 Å². The smallest absolute Gasteiger partial charge is 0.377 e. The zero-order valence-corrected chi connectivity index (χ0v) is 16.9. The van der Waals surface area contributed by atoms with E-state index in [0.29, 0.717) is 32.0 Å². The average molecular weight is 416 g/mol. The molecule has 0 N–H and O–H groups in total. The fourth-order valence-electron chi connectivity index (χ4n) is 3.75. The van der Waals surface area contributed by atoms with Crippen LogP contribution in [-0.2, 0) is 16.1 Å². The lowest BCUT2D eigenvalue weighted by molar-refractivity contribution is -0.153. The van der Waals surface area contributed by atoms with Gasteiger partial charge in [0.25, 0.3) is 5.56 Å². The van der Waals surface area contributed by atoms with E-state index in [1.165, 1.54) is 10.6 Å². The summed E-state index contributed by atoms with van der Waals surface area (Å²) in [7, 11) is 0. The van der Waals surface area contributed by atoms with Gasteiger partial charge in [-0.25, -0.2) is 0 Å². The Kier molecular flexibility index (Phi) is 6.21.